The van der Waals surface area contributed by atoms with Crippen LogP contribution in [0.25, 0.3) is 11.0 Å². The summed E-state index contributed by atoms with van der Waals surface area (Å²) >= 11 is 2.92. The summed E-state index contributed by atoms with van der Waals surface area (Å²) in [6.07, 6.45) is 0.863. The molecule has 6 nitrogen and oxygen atoms in total. The van der Waals surface area contributed by atoms with Crippen molar-refractivity contribution in [2.75, 3.05) is 13.1 Å². The van der Waals surface area contributed by atoms with Crippen molar-refractivity contribution in [2.24, 2.45) is 0 Å². The number of urea groups is 1. The molecule has 0 aliphatic carbocycles. The lowest BCUT2D eigenvalue weighted by molar-refractivity contribution is 0.157. The number of amides is 2. The molecule has 24 heavy (non-hydrogen) atoms. The number of carbonyl (C=O) groups is 1. The Kier molecular flexibility index (Phi) is 3.88. The molecule has 0 spiro atoms. The van der Waals surface area contributed by atoms with Crippen molar-refractivity contribution in [1.82, 2.24) is 23.9 Å². The van der Waals surface area contributed by atoms with Crippen LogP contribution in [-0.4, -0.2) is 42.7 Å². The normalized spacial score (nSPS) is 23.9. The number of fused-ring (bicyclic) bond motifs is 1. The average Bonchev–Trinajstić information content (AvgIpc) is 3.28. The highest BCUT2D eigenvalue weighted by atomic mass is 32.2. The SMILES string of the molecule is CCC1(N2CCN(Cc3ccc4nsnc4c3)C2=O)NC(C)=CS1. The first kappa shape index (κ1) is 15.7. The van der Waals surface area contributed by atoms with Crippen LogP contribution in [0.4, 0.5) is 4.79 Å². The Balaban J connectivity index is 1.51. The van der Waals surface area contributed by atoms with Crippen molar-refractivity contribution >= 4 is 40.6 Å². The van der Waals surface area contributed by atoms with Crippen LogP contribution >= 0.6 is 23.5 Å². The largest absolute Gasteiger partial charge is 0.357 e. The molecule has 0 bridgehead atoms. The van der Waals surface area contributed by atoms with Gasteiger partial charge in [-0.1, -0.05) is 24.8 Å². The minimum Gasteiger partial charge on any atom is -0.357 e. The van der Waals surface area contributed by atoms with Crippen LogP contribution in [0.1, 0.15) is 25.8 Å². The topological polar surface area (TPSA) is 61.4 Å². The zero-order valence-electron chi connectivity index (χ0n) is 13.7. The van der Waals surface area contributed by atoms with Crippen molar-refractivity contribution in [1.29, 1.82) is 0 Å². The maximum Gasteiger partial charge on any atom is 0.322 e. The summed E-state index contributed by atoms with van der Waals surface area (Å²) in [6, 6.07) is 6.13. The minimum absolute atomic E-state index is 0.0939. The maximum absolute atomic E-state index is 12.9. The zero-order chi connectivity index (χ0) is 16.7. The lowest BCUT2D eigenvalue weighted by atomic mass is 10.2. The molecule has 1 atom stereocenters. The third-order valence-electron chi connectivity index (χ3n) is 4.52. The molecule has 2 aromatic rings. The molecule has 4 rings (SSSR count). The number of aromatic nitrogens is 2. The van der Waals surface area contributed by atoms with Gasteiger partial charge in [-0.05, 0) is 36.4 Å². The van der Waals surface area contributed by atoms with Gasteiger partial charge in [0.2, 0.25) is 0 Å². The molecule has 2 aliphatic heterocycles. The van der Waals surface area contributed by atoms with Crippen molar-refractivity contribution in [3.05, 3.63) is 34.9 Å². The van der Waals surface area contributed by atoms with Gasteiger partial charge in [-0.2, -0.15) is 8.75 Å². The maximum atomic E-state index is 12.9. The first-order valence-corrected chi connectivity index (χ1v) is 9.63. The van der Waals surface area contributed by atoms with Crippen LogP contribution in [0.5, 0.6) is 0 Å². The van der Waals surface area contributed by atoms with Gasteiger partial charge in [-0.25, -0.2) is 4.79 Å². The average molecular weight is 361 g/mol. The molecule has 0 saturated carbocycles. The first-order valence-electron chi connectivity index (χ1n) is 8.02. The lowest BCUT2D eigenvalue weighted by Crippen LogP contribution is -2.54. The van der Waals surface area contributed by atoms with Crippen LogP contribution < -0.4 is 5.32 Å². The minimum atomic E-state index is -0.335. The summed E-state index contributed by atoms with van der Waals surface area (Å²) in [5.41, 5.74) is 4.03. The molecular formula is C16H19N5OS2. The van der Waals surface area contributed by atoms with E-state index in [0.29, 0.717) is 6.54 Å². The van der Waals surface area contributed by atoms with E-state index in [4.69, 9.17) is 0 Å². The summed E-state index contributed by atoms with van der Waals surface area (Å²) in [4.78, 5) is 16.5. The predicted octanol–water partition coefficient (Wildman–Crippen LogP) is 3.19. The number of hydrogen-bond acceptors (Lipinski definition) is 6. The second kappa shape index (κ2) is 5.93. The van der Waals surface area contributed by atoms with Gasteiger partial charge >= 0.3 is 6.03 Å². The third-order valence-corrected chi connectivity index (χ3v) is 6.55. The summed E-state index contributed by atoms with van der Waals surface area (Å²) in [5.74, 6) is 0. The highest BCUT2D eigenvalue weighted by Crippen LogP contribution is 2.39. The molecule has 126 valence electrons. The van der Waals surface area contributed by atoms with E-state index in [9.17, 15) is 4.79 Å². The summed E-state index contributed by atoms with van der Waals surface area (Å²) < 4.78 is 8.50. The van der Waals surface area contributed by atoms with Gasteiger partial charge < -0.3 is 10.2 Å². The number of thioether (sulfide) groups is 1. The Morgan fingerprint density at radius 3 is 2.88 bits per heavy atom. The van der Waals surface area contributed by atoms with E-state index in [1.807, 2.05) is 34.9 Å². The number of allylic oxidation sites excluding steroid dienone is 1. The van der Waals surface area contributed by atoms with E-state index in [1.54, 1.807) is 11.8 Å². The van der Waals surface area contributed by atoms with Gasteiger partial charge in [0.25, 0.3) is 0 Å². The van der Waals surface area contributed by atoms with Crippen molar-refractivity contribution in [2.45, 2.75) is 31.8 Å². The predicted molar refractivity (Wildman–Crippen MR) is 97.4 cm³/mol. The molecule has 1 unspecified atom stereocenters. The van der Waals surface area contributed by atoms with Gasteiger partial charge in [-0.3, -0.25) is 4.90 Å². The molecular weight excluding hydrogens is 342 g/mol. The Labute approximate surface area is 149 Å². The fourth-order valence-electron chi connectivity index (χ4n) is 3.26. The van der Waals surface area contributed by atoms with E-state index < -0.39 is 0 Å². The second-order valence-corrected chi connectivity index (χ2v) is 7.80. The molecule has 1 fully saturated rings. The van der Waals surface area contributed by atoms with E-state index in [0.717, 1.165) is 41.8 Å². The molecule has 8 heteroatoms. The Morgan fingerprint density at radius 2 is 2.12 bits per heavy atom. The molecule has 0 radical (unpaired) electrons. The van der Waals surface area contributed by atoms with Gasteiger partial charge in [-0.15, -0.1) is 0 Å². The van der Waals surface area contributed by atoms with Crippen LogP contribution in [0, 0.1) is 0 Å². The van der Waals surface area contributed by atoms with Crippen LogP contribution in [0.2, 0.25) is 0 Å². The second-order valence-electron chi connectivity index (χ2n) is 6.12. The molecule has 2 amide bonds. The van der Waals surface area contributed by atoms with Crippen molar-refractivity contribution in [3.63, 3.8) is 0 Å². The molecule has 1 saturated heterocycles. The Bertz CT molecular complexity index is 820. The standard InChI is InChI=1S/C16H19N5OS2/c1-3-16(17-11(2)10-23-16)21-7-6-20(15(21)22)9-12-4-5-13-14(8-12)19-24-18-13/h4-5,8,10,17H,3,6-7,9H2,1-2H3. The number of nitrogens with zero attached hydrogens (tertiary/aromatic N) is 4. The monoisotopic (exact) mass is 361 g/mol. The summed E-state index contributed by atoms with van der Waals surface area (Å²) in [6.45, 7) is 6.26. The number of nitrogens with one attached hydrogen (secondary N) is 1. The quantitative estimate of drug-likeness (QED) is 0.906. The van der Waals surface area contributed by atoms with E-state index >= 15 is 0 Å². The third kappa shape index (κ3) is 2.53. The first-order chi connectivity index (χ1) is 11.6. The molecule has 1 aromatic carbocycles. The van der Waals surface area contributed by atoms with Crippen LogP contribution in [0.3, 0.4) is 0 Å². The van der Waals surface area contributed by atoms with Crippen LogP contribution in [0.15, 0.2) is 29.3 Å². The van der Waals surface area contributed by atoms with E-state index in [1.165, 1.54) is 11.7 Å². The van der Waals surface area contributed by atoms with E-state index in [2.05, 4.69) is 26.4 Å². The highest BCUT2D eigenvalue weighted by molar-refractivity contribution is 8.03. The van der Waals surface area contributed by atoms with Crippen molar-refractivity contribution in [3.8, 4) is 0 Å². The zero-order valence-corrected chi connectivity index (χ0v) is 15.3. The molecule has 2 aliphatic rings. The number of rotatable bonds is 4. The summed E-state index contributed by atoms with van der Waals surface area (Å²) in [5, 5.41) is 5.58. The van der Waals surface area contributed by atoms with Gasteiger partial charge in [0, 0.05) is 25.3 Å². The number of benzene rings is 1. The van der Waals surface area contributed by atoms with Crippen LogP contribution in [-0.2, 0) is 6.54 Å². The fourth-order valence-corrected chi connectivity index (χ4v) is 4.89. The summed E-state index contributed by atoms with van der Waals surface area (Å²) in [7, 11) is 0. The number of hydrogen-bond donors (Lipinski definition) is 1. The van der Waals surface area contributed by atoms with Crippen molar-refractivity contribution < 1.29 is 4.79 Å². The van der Waals surface area contributed by atoms with Gasteiger partial charge in [0.1, 0.15) is 11.0 Å². The lowest BCUT2D eigenvalue weighted by Gasteiger charge is -2.37. The Morgan fingerprint density at radius 1 is 1.29 bits per heavy atom. The van der Waals surface area contributed by atoms with Gasteiger partial charge in [0.05, 0.1) is 11.7 Å². The molecule has 3 heterocycles. The smallest absolute Gasteiger partial charge is 0.322 e. The molecule has 1 N–H and O–H groups in total. The highest BCUT2D eigenvalue weighted by Gasteiger charge is 2.45. The molecule has 1 aromatic heterocycles. The van der Waals surface area contributed by atoms with E-state index in [-0.39, 0.29) is 11.0 Å². The van der Waals surface area contributed by atoms with Gasteiger partial charge in [0.15, 0.2) is 4.99 Å². The fraction of sp³-hybridized carbons (Fsp3) is 0.438. The number of carbonyl (C=O) groups excluding carboxylic acids is 1. The Hall–Kier alpha value is -1.80.